The highest BCUT2D eigenvalue weighted by atomic mass is 19.4. The molecule has 0 spiro atoms. The van der Waals surface area contributed by atoms with Crippen LogP contribution in [-0.4, -0.2) is 36.1 Å². The number of amides is 1. The number of hydrogen-bond acceptors (Lipinski definition) is 3. The number of ether oxygens (including phenoxy) is 1. The van der Waals surface area contributed by atoms with Crippen LogP contribution >= 0.6 is 0 Å². The van der Waals surface area contributed by atoms with Crippen molar-refractivity contribution in [1.29, 1.82) is 0 Å². The number of para-hydroxylation sites is 1. The molecule has 1 heterocycles. The van der Waals surface area contributed by atoms with Crippen molar-refractivity contribution in [3.05, 3.63) is 29.3 Å². The molecule has 0 saturated carbocycles. The zero-order valence-corrected chi connectivity index (χ0v) is 11.8. The molecule has 7 heteroatoms. The topological polar surface area (TPSA) is 55.6 Å². The number of carbonyl (C=O) groups excluding carboxylic acids is 1. The molecular formula is C14H17F3N2O2. The third-order valence-electron chi connectivity index (χ3n) is 3.53. The van der Waals surface area contributed by atoms with Gasteiger partial charge in [0.25, 0.3) is 5.91 Å². The Labute approximate surface area is 120 Å². The quantitative estimate of drug-likeness (QED) is 0.811. The Morgan fingerprint density at radius 3 is 2.62 bits per heavy atom. The molecule has 2 N–H and O–H groups in total. The number of benzene rings is 1. The predicted molar refractivity (Wildman–Crippen MR) is 71.8 cm³/mol. The molecule has 1 aromatic carbocycles. The van der Waals surface area contributed by atoms with E-state index in [1.807, 2.05) is 0 Å². The number of halogens is 3. The summed E-state index contributed by atoms with van der Waals surface area (Å²) < 4.78 is 43.9. The van der Waals surface area contributed by atoms with Crippen molar-refractivity contribution in [2.45, 2.75) is 25.6 Å². The number of anilines is 1. The smallest absolute Gasteiger partial charge is 0.398 e. The van der Waals surface area contributed by atoms with E-state index >= 15 is 0 Å². The van der Waals surface area contributed by atoms with Crippen molar-refractivity contribution in [3.63, 3.8) is 0 Å². The average Bonchev–Trinajstić information content (AvgIpc) is 2.36. The van der Waals surface area contributed by atoms with Crippen LogP contribution in [0.15, 0.2) is 18.2 Å². The predicted octanol–water partition coefficient (Wildman–Crippen LogP) is 2.54. The van der Waals surface area contributed by atoms with E-state index < -0.39 is 28.9 Å². The van der Waals surface area contributed by atoms with Crippen molar-refractivity contribution >= 4 is 11.6 Å². The first-order chi connectivity index (χ1) is 9.64. The van der Waals surface area contributed by atoms with Crippen molar-refractivity contribution in [2.75, 3.05) is 25.5 Å². The maximum absolute atomic E-state index is 12.9. The number of alkyl halides is 3. The molecule has 1 saturated heterocycles. The molecule has 1 amide bonds. The third-order valence-corrected chi connectivity index (χ3v) is 3.53. The number of hydrogen-bond donors (Lipinski definition) is 1. The number of nitrogens with zero attached hydrogens (tertiary/aromatic N) is 1. The zero-order valence-electron chi connectivity index (χ0n) is 11.8. The largest absolute Gasteiger partial charge is 0.418 e. The van der Waals surface area contributed by atoms with Gasteiger partial charge in [-0.1, -0.05) is 6.07 Å². The fourth-order valence-electron chi connectivity index (χ4n) is 2.38. The second kappa shape index (κ2) is 5.22. The molecule has 1 aromatic rings. The van der Waals surface area contributed by atoms with Crippen LogP contribution in [0.5, 0.6) is 0 Å². The van der Waals surface area contributed by atoms with Crippen LogP contribution in [-0.2, 0) is 10.9 Å². The number of morpholine rings is 1. The minimum Gasteiger partial charge on any atom is -0.398 e. The molecule has 0 aromatic heterocycles. The summed E-state index contributed by atoms with van der Waals surface area (Å²) >= 11 is 0. The number of nitrogen functional groups attached to an aromatic ring is 1. The summed E-state index contributed by atoms with van der Waals surface area (Å²) in [5.74, 6) is -0.508. The van der Waals surface area contributed by atoms with Crippen LogP contribution in [0, 0.1) is 0 Å². The first kappa shape index (κ1) is 15.6. The lowest BCUT2D eigenvalue weighted by molar-refractivity contribution is -0.136. The summed E-state index contributed by atoms with van der Waals surface area (Å²) in [7, 11) is 0. The third kappa shape index (κ3) is 2.97. The fourth-order valence-corrected chi connectivity index (χ4v) is 2.38. The van der Waals surface area contributed by atoms with E-state index in [9.17, 15) is 18.0 Å². The molecule has 21 heavy (non-hydrogen) atoms. The molecule has 0 aliphatic carbocycles. The lowest BCUT2D eigenvalue weighted by atomic mass is 9.99. The summed E-state index contributed by atoms with van der Waals surface area (Å²) in [6.45, 7) is 4.61. The molecule has 116 valence electrons. The van der Waals surface area contributed by atoms with E-state index in [0.717, 1.165) is 6.07 Å². The Balaban J connectivity index is 2.40. The van der Waals surface area contributed by atoms with E-state index in [0.29, 0.717) is 19.8 Å². The van der Waals surface area contributed by atoms with Crippen molar-refractivity contribution < 1.29 is 22.7 Å². The average molecular weight is 302 g/mol. The molecule has 0 bridgehead atoms. The Bertz CT molecular complexity index is 556. The normalized spacial score (nSPS) is 18.6. The molecule has 0 unspecified atom stereocenters. The van der Waals surface area contributed by atoms with Crippen molar-refractivity contribution in [2.24, 2.45) is 0 Å². The lowest BCUT2D eigenvalue weighted by Gasteiger charge is -2.42. The van der Waals surface area contributed by atoms with Crippen LogP contribution in [0.2, 0.25) is 0 Å². The van der Waals surface area contributed by atoms with Crippen LogP contribution < -0.4 is 5.73 Å². The highest BCUT2D eigenvalue weighted by Crippen LogP contribution is 2.36. The van der Waals surface area contributed by atoms with Gasteiger partial charge in [-0.15, -0.1) is 0 Å². The van der Waals surface area contributed by atoms with Gasteiger partial charge in [-0.05, 0) is 26.0 Å². The van der Waals surface area contributed by atoms with Crippen LogP contribution in [0.4, 0.5) is 18.9 Å². The highest BCUT2D eigenvalue weighted by molar-refractivity contribution is 6.00. The monoisotopic (exact) mass is 302 g/mol. The van der Waals surface area contributed by atoms with E-state index in [2.05, 4.69) is 0 Å². The van der Waals surface area contributed by atoms with E-state index in [4.69, 9.17) is 10.5 Å². The van der Waals surface area contributed by atoms with Gasteiger partial charge in [-0.2, -0.15) is 13.2 Å². The number of rotatable bonds is 1. The molecule has 4 nitrogen and oxygen atoms in total. The van der Waals surface area contributed by atoms with Gasteiger partial charge in [0.1, 0.15) is 0 Å². The molecular weight excluding hydrogens is 285 g/mol. The second-order valence-corrected chi connectivity index (χ2v) is 5.59. The lowest BCUT2D eigenvalue weighted by Crippen LogP contribution is -2.55. The molecule has 0 radical (unpaired) electrons. The van der Waals surface area contributed by atoms with E-state index in [1.165, 1.54) is 17.0 Å². The van der Waals surface area contributed by atoms with Crippen LogP contribution in [0.25, 0.3) is 0 Å². The first-order valence-corrected chi connectivity index (χ1v) is 6.50. The Morgan fingerprint density at radius 1 is 1.38 bits per heavy atom. The highest BCUT2D eigenvalue weighted by Gasteiger charge is 2.38. The van der Waals surface area contributed by atoms with Gasteiger partial charge in [0.2, 0.25) is 0 Å². The van der Waals surface area contributed by atoms with Crippen LogP contribution in [0.1, 0.15) is 29.8 Å². The van der Waals surface area contributed by atoms with Gasteiger partial charge in [0, 0.05) is 6.54 Å². The van der Waals surface area contributed by atoms with Gasteiger partial charge in [0.05, 0.1) is 35.6 Å². The maximum Gasteiger partial charge on any atom is 0.418 e. The van der Waals surface area contributed by atoms with Gasteiger partial charge in [0.15, 0.2) is 0 Å². The van der Waals surface area contributed by atoms with E-state index in [-0.39, 0.29) is 5.56 Å². The summed E-state index contributed by atoms with van der Waals surface area (Å²) in [5, 5.41) is 0. The van der Waals surface area contributed by atoms with E-state index in [1.54, 1.807) is 13.8 Å². The Hall–Kier alpha value is -1.76. The summed E-state index contributed by atoms with van der Waals surface area (Å²) in [5.41, 5.74) is 3.34. The SMILES string of the molecule is CC1(C)COCCN1C(=O)c1cccc(C(F)(F)F)c1N. The number of nitrogens with two attached hydrogens (primary N) is 1. The summed E-state index contributed by atoms with van der Waals surface area (Å²) in [4.78, 5) is 14.0. The Morgan fingerprint density at radius 2 is 2.05 bits per heavy atom. The van der Waals surface area contributed by atoms with Gasteiger partial charge in [-0.3, -0.25) is 4.79 Å². The molecule has 1 aliphatic rings. The molecule has 2 rings (SSSR count). The zero-order chi connectivity index (χ0) is 15.8. The molecule has 1 fully saturated rings. The molecule has 0 atom stereocenters. The Kier molecular flexibility index (Phi) is 3.88. The van der Waals surface area contributed by atoms with Crippen LogP contribution in [0.3, 0.4) is 0 Å². The van der Waals surface area contributed by atoms with Crippen molar-refractivity contribution in [3.8, 4) is 0 Å². The summed E-state index contributed by atoms with van der Waals surface area (Å²) in [6, 6.07) is 3.38. The first-order valence-electron chi connectivity index (χ1n) is 6.50. The van der Waals surface area contributed by atoms with Crippen molar-refractivity contribution in [1.82, 2.24) is 4.90 Å². The minimum absolute atomic E-state index is 0.125. The second-order valence-electron chi connectivity index (χ2n) is 5.59. The van der Waals surface area contributed by atoms with Gasteiger partial charge in [-0.25, -0.2) is 0 Å². The standard InChI is InChI=1S/C14H17F3N2O2/c1-13(2)8-21-7-6-19(13)12(20)9-4-3-5-10(11(9)18)14(15,16)17/h3-5H,6-8,18H2,1-2H3. The minimum atomic E-state index is -4.58. The fraction of sp³-hybridized carbons (Fsp3) is 0.500. The summed E-state index contributed by atoms with van der Waals surface area (Å²) in [6.07, 6.45) is -4.58. The molecule has 1 aliphatic heterocycles. The van der Waals surface area contributed by atoms with Gasteiger partial charge < -0.3 is 15.4 Å². The maximum atomic E-state index is 12.9. The van der Waals surface area contributed by atoms with Gasteiger partial charge >= 0.3 is 6.18 Å². The number of carbonyl (C=O) groups is 1.